The molecule has 2 aromatic carbocycles. The lowest BCUT2D eigenvalue weighted by atomic mass is 10.2. The summed E-state index contributed by atoms with van der Waals surface area (Å²) in [6.07, 6.45) is 0. The Kier molecular flexibility index (Phi) is 5.70. The molecular weight excluding hydrogens is 414 g/mol. The molecule has 27 heavy (non-hydrogen) atoms. The molecule has 0 radical (unpaired) electrons. The van der Waals surface area contributed by atoms with E-state index in [4.69, 9.17) is 9.47 Å². The highest BCUT2D eigenvalue weighted by molar-refractivity contribution is 9.10. The maximum atomic E-state index is 12.5. The first kappa shape index (κ1) is 18.8. The minimum Gasteiger partial charge on any atom is -0.493 e. The third-order valence-electron chi connectivity index (χ3n) is 3.91. The van der Waals surface area contributed by atoms with Crippen LogP contribution < -0.4 is 14.8 Å². The van der Waals surface area contributed by atoms with Crippen molar-refractivity contribution in [1.82, 2.24) is 20.2 Å². The first-order valence-corrected chi connectivity index (χ1v) is 8.89. The van der Waals surface area contributed by atoms with Crippen LogP contribution in [0.1, 0.15) is 13.0 Å². The second kappa shape index (κ2) is 8.17. The van der Waals surface area contributed by atoms with Gasteiger partial charge in [0.05, 0.1) is 14.2 Å². The van der Waals surface area contributed by atoms with Gasteiger partial charge < -0.3 is 14.8 Å². The van der Waals surface area contributed by atoms with Crippen molar-refractivity contribution in [2.75, 3.05) is 19.5 Å². The summed E-state index contributed by atoms with van der Waals surface area (Å²) in [5.41, 5.74) is 1.40. The third kappa shape index (κ3) is 4.25. The molecule has 140 valence electrons. The average molecular weight is 432 g/mol. The number of rotatable bonds is 6. The Morgan fingerprint density at radius 2 is 1.81 bits per heavy atom. The molecule has 0 saturated heterocycles. The number of hydrogen-bond acceptors (Lipinski definition) is 6. The number of tetrazole rings is 1. The molecule has 0 spiro atoms. The van der Waals surface area contributed by atoms with Crippen LogP contribution >= 0.6 is 15.9 Å². The molecule has 3 rings (SSSR count). The van der Waals surface area contributed by atoms with Crippen LogP contribution in [0.5, 0.6) is 11.5 Å². The summed E-state index contributed by atoms with van der Waals surface area (Å²) in [5, 5.41) is 15.1. The summed E-state index contributed by atoms with van der Waals surface area (Å²) >= 11 is 3.38. The lowest BCUT2D eigenvalue weighted by molar-refractivity contribution is -0.119. The molecule has 0 saturated carbocycles. The minimum atomic E-state index is -0.644. The van der Waals surface area contributed by atoms with E-state index in [0.29, 0.717) is 23.0 Å². The zero-order valence-corrected chi connectivity index (χ0v) is 16.6. The normalized spacial score (nSPS) is 11.7. The predicted octanol–water partition coefficient (Wildman–Crippen LogP) is 3.32. The van der Waals surface area contributed by atoms with Gasteiger partial charge in [-0.3, -0.25) is 4.79 Å². The summed E-state index contributed by atoms with van der Waals surface area (Å²) < 4.78 is 11.4. The van der Waals surface area contributed by atoms with Crippen LogP contribution in [0.4, 0.5) is 5.69 Å². The number of ether oxygens (including phenoxy) is 2. The van der Waals surface area contributed by atoms with Crippen molar-refractivity contribution in [3.63, 3.8) is 0 Å². The standard InChI is InChI=1S/C18H18BrN5O3/c1-11(18(25)20-14-8-9-15(26-2)16(10-14)27-3)24-22-17(21-23-24)12-4-6-13(19)7-5-12/h4-11H,1-3H3,(H,20,25). The molecule has 0 aliphatic heterocycles. The molecule has 0 fully saturated rings. The fourth-order valence-electron chi connectivity index (χ4n) is 2.37. The highest BCUT2D eigenvalue weighted by atomic mass is 79.9. The van der Waals surface area contributed by atoms with Crippen LogP contribution in [0.25, 0.3) is 11.4 Å². The molecule has 1 atom stereocenters. The van der Waals surface area contributed by atoms with Gasteiger partial charge >= 0.3 is 0 Å². The number of aromatic nitrogens is 4. The fraction of sp³-hybridized carbons (Fsp3) is 0.222. The van der Waals surface area contributed by atoms with Crippen molar-refractivity contribution >= 4 is 27.5 Å². The molecule has 1 N–H and O–H groups in total. The Hall–Kier alpha value is -2.94. The Morgan fingerprint density at radius 1 is 1.11 bits per heavy atom. The van der Waals surface area contributed by atoms with Gasteiger partial charge in [-0.15, -0.1) is 10.2 Å². The van der Waals surface area contributed by atoms with Gasteiger partial charge in [0.2, 0.25) is 5.82 Å². The number of hydrogen-bond donors (Lipinski definition) is 1. The Balaban J connectivity index is 1.73. The molecule has 1 amide bonds. The maximum Gasteiger partial charge on any atom is 0.250 e. The van der Waals surface area contributed by atoms with Crippen LogP contribution in [0.2, 0.25) is 0 Å². The minimum absolute atomic E-state index is 0.276. The fourth-order valence-corrected chi connectivity index (χ4v) is 2.63. The van der Waals surface area contributed by atoms with Gasteiger partial charge in [0.25, 0.3) is 5.91 Å². The van der Waals surface area contributed by atoms with Crippen molar-refractivity contribution in [1.29, 1.82) is 0 Å². The van der Waals surface area contributed by atoms with Crippen molar-refractivity contribution in [3.8, 4) is 22.9 Å². The number of nitrogens with zero attached hydrogens (tertiary/aromatic N) is 4. The van der Waals surface area contributed by atoms with Gasteiger partial charge in [0.15, 0.2) is 11.5 Å². The van der Waals surface area contributed by atoms with Gasteiger partial charge in [-0.25, -0.2) is 0 Å². The number of carbonyl (C=O) groups is 1. The number of benzene rings is 2. The smallest absolute Gasteiger partial charge is 0.250 e. The van der Waals surface area contributed by atoms with Crippen molar-refractivity contribution < 1.29 is 14.3 Å². The van der Waals surface area contributed by atoms with E-state index in [1.165, 1.54) is 11.9 Å². The highest BCUT2D eigenvalue weighted by Gasteiger charge is 2.19. The van der Waals surface area contributed by atoms with E-state index < -0.39 is 6.04 Å². The number of nitrogens with one attached hydrogen (secondary N) is 1. The maximum absolute atomic E-state index is 12.5. The SMILES string of the molecule is COc1ccc(NC(=O)C(C)n2nnc(-c3ccc(Br)cc3)n2)cc1OC. The summed E-state index contributed by atoms with van der Waals surface area (Å²) in [5.74, 6) is 1.29. The third-order valence-corrected chi connectivity index (χ3v) is 4.44. The quantitative estimate of drug-likeness (QED) is 0.643. The number of anilines is 1. The molecule has 1 heterocycles. The summed E-state index contributed by atoms with van der Waals surface area (Å²) in [7, 11) is 3.09. The summed E-state index contributed by atoms with van der Waals surface area (Å²) in [4.78, 5) is 13.8. The van der Waals surface area contributed by atoms with E-state index in [2.05, 4.69) is 36.7 Å². The molecule has 1 unspecified atom stereocenters. The van der Waals surface area contributed by atoms with E-state index in [1.807, 2.05) is 24.3 Å². The molecule has 1 aromatic heterocycles. The number of halogens is 1. The molecule has 8 nitrogen and oxygen atoms in total. The Bertz CT molecular complexity index is 942. The summed E-state index contributed by atoms with van der Waals surface area (Å²) in [6, 6.07) is 12.0. The van der Waals surface area contributed by atoms with Gasteiger partial charge in [0.1, 0.15) is 6.04 Å². The number of methoxy groups -OCH3 is 2. The van der Waals surface area contributed by atoms with Crippen LogP contribution in [-0.4, -0.2) is 40.3 Å². The average Bonchev–Trinajstić information content (AvgIpc) is 3.17. The van der Waals surface area contributed by atoms with Gasteiger partial charge in [0, 0.05) is 21.8 Å². The second-order valence-corrected chi connectivity index (χ2v) is 6.59. The molecular formula is C18H18BrN5O3. The zero-order chi connectivity index (χ0) is 19.4. The van der Waals surface area contributed by atoms with Crippen LogP contribution in [0.3, 0.4) is 0 Å². The van der Waals surface area contributed by atoms with Crippen molar-refractivity contribution in [3.05, 3.63) is 46.9 Å². The molecule has 0 aliphatic rings. The lowest BCUT2D eigenvalue weighted by Crippen LogP contribution is -2.25. The first-order valence-electron chi connectivity index (χ1n) is 8.10. The molecule has 0 aliphatic carbocycles. The first-order chi connectivity index (χ1) is 13.0. The highest BCUT2D eigenvalue weighted by Crippen LogP contribution is 2.30. The van der Waals surface area contributed by atoms with Crippen molar-refractivity contribution in [2.24, 2.45) is 0 Å². The lowest BCUT2D eigenvalue weighted by Gasteiger charge is -2.13. The van der Waals surface area contributed by atoms with E-state index in [1.54, 1.807) is 32.2 Å². The van der Waals surface area contributed by atoms with Crippen LogP contribution in [0, 0.1) is 0 Å². The van der Waals surface area contributed by atoms with Crippen molar-refractivity contribution in [2.45, 2.75) is 13.0 Å². The second-order valence-electron chi connectivity index (χ2n) is 5.68. The largest absolute Gasteiger partial charge is 0.493 e. The van der Waals surface area contributed by atoms with Gasteiger partial charge in [-0.1, -0.05) is 15.9 Å². The van der Waals surface area contributed by atoms with E-state index in [0.717, 1.165) is 10.0 Å². The van der Waals surface area contributed by atoms with E-state index in [-0.39, 0.29) is 5.91 Å². The number of amides is 1. The monoisotopic (exact) mass is 431 g/mol. The Labute approximate surface area is 164 Å². The molecule has 9 heteroatoms. The van der Waals surface area contributed by atoms with Crippen LogP contribution in [-0.2, 0) is 4.79 Å². The Morgan fingerprint density at radius 3 is 2.48 bits per heavy atom. The van der Waals surface area contributed by atoms with Crippen LogP contribution in [0.15, 0.2) is 46.9 Å². The van der Waals surface area contributed by atoms with Gasteiger partial charge in [-0.05, 0) is 48.5 Å². The predicted molar refractivity (Wildman–Crippen MR) is 104 cm³/mol. The van der Waals surface area contributed by atoms with Gasteiger partial charge in [-0.2, -0.15) is 4.80 Å². The number of carbonyl (C=O) groups excluding carboxylic acids is 1. The van der Waals surface area contributed by atoms with E-state index in [9.17, 15) is 4.79 Å². The molecule has 0 bridgehead atoms. The topological polar surface area (TPSA) is 91.2 Å². The zero-order valence-electron chi connectivity index (χ0n) is 15.0. The van der Waals surface area contributed by atoms with E-state index >= 15 is 0 Å². The summed E-state index contributed by atoms with van der Waals surface area (Å²) in [6.45, 7) is 1.70. The molecule has 3 aromatic rings.